The summed E-state index contributed by atoms with van der Waals surface area (Å²) >= 11 is 0. The number of likely N-dealkylation sites (tertiary alicyclic amines) is 1. The molecule has 0 aliphatic carbocycles. The van der Waals surface area contributed by atoms with Gasteiger partial charge in [-0.3, -0.25) is 14.7 Å². The molecule has 3 aromatic rings. The summed E-state index contributed by atoms with van der Waals surface area (Å²) in [5.74, 6) is 0.437. The Morgan fingerprint density at radius 3 is 2.57 bits per heavy atom. The fourth-order valence-electron chi connectivity index (χ4n) is 5.56. The first kappa shape index (κ1) is 26.9. The van der Waals surface area contributed by atoms with Crippen molar-refractivity contribution >= 4 is 16.9 Å². The molecule has 1 aliphatic rings. The molecule has 0 saturated carbocycles. The number of aromatic nitrogens is 1. The van der Waals surface area contributed by atoms with Crippen LogP contribution in [0.25, 0.3) is 10.9 Å². The van der Waals surface area contributed by atoms with Crippen LogP contribution in [0, 0.1) is 5.92 Å². The minimum atomic E-state index is -0.735. The van der Waals surface area contributed by atoms with E-state index in [2.05, 4.69) is 22.0 Å². The number of pyridine rings is 1. The predicted octanol–water partition coefficient (Wildman–Crippen LogP) is 5.25. The van der Waals surface area contributed by atoms with Gasteiger partial charge in [-0.1, -0.05) is 12.1 Å². The number of unbranched alkanes of at least 4 members (excludes halogenated alkanes) is 1. The molecule has 2 N–H and O–H groups in total. The van der Waals surface area contributed by atoms with Crippen molar-refractivity contribution in [1.29, 1.82) is 0 Å². The highest BCUT2D eigenvalue weighted by Crippen LogP contribution is 2.33. The molecular weight excluding hydrogens is 468 g/mol. The third-order valence-corrected chi connectivity index (χ3v) is 7.61. The topological polar surface area (TPSA) is 92.1 Å². The lowest BCUT2D eigenvalue weighted by Gasteiger charge is -2.40. The molecular formula is C30H38N2O5. The van der Waals surface area contributed by atoms with Gasteiger partial charge in [-0.2, -0.15) is 0 Å². The molecule has 1 aliphatic heterocycles. The number of nitrogens with zero attached hydrogens (tertiary/aromatic N) is 2. The van der Waals surface area contributed by atoms with E-state index in [1.54, 1.807) is 20.4 Å². The van der Waals surface area contributed by atoms with Gasteiger partial charge in [-0.15, -0.1) is 0 Å². The summed E-state index contributed by atoms with van der Waals surface area (Å²) in [6.07, 6.45) is 6.75. The molecule has 3 atom stereocenters. The maximum absolute atomic E-state index is 12.1. The molecule has 0 amide bonds. The lowest BCUT2D eigenvalue weighted by atomic mass is 9.85. The zero-order valence-electron chi connectivity index (χ0n) is 21.8. The van der Waals surface area contributed by atoms with Crippen molar-refractivity contribution in [3.63, 3.8) is 0 Å². The first-order valence-corrected chi connectivity index (χ1v) is 13.2. The van der Waals surface area contributed by atoms with Crippen LogP contribution in [0.3, 0.4) is 0 Å². The average molecular weight is 507 g/mol. The Kier molecular flexibility index (Phi) is 9.36. The molecule has 1 aromatic heterocycles. The zero-order valence-corrected chi connectivity index (χ0v) is 21.8. The van der Waals surface area contributed by atoms with Gasteiger partial charge in [-0.25, -0.2) is 0 Å². The maximum atomic E-state index is 12.1. The second kappa shape index (κ2) is 12.9. The SMILES string of the molecule is COc1ccc(CCCCN2CCCC(C(=O)O)C2CCC(O)c2ccnc3ccc(OC)cc23)cc1. The first-order chi connectivity index (χ1) is 18.0. The van der Waals surface area contributed by atoms with Crippen LogP contribution in [0.4, 0.5) is 0 Å². The fraction of sp³-hybridized carbons (Fsp3) is 0.467. The number of rotatable bonds is 12. The van der Waals surface area contributed by atoms with Crippen LogP contribution in [0.15, 0.2) is 54.7 Å². The Labute approximate surface area is 219 Å². The van der Waals surface area contributed by atoms with Crippen molar-refractivity contribution < 1.29 is 24.5 Å². The standard InChI is InChI=1S/C30H38N2O5/c1-36-22-10-8-21(9-11-22)6-3-4-18-32-19-5-7-25(30(34)35)28(32)14-15-29(33)24-16-17-31-27-13-12-23(37-2)20-26(24)27/h8-13,16-17,20,25,28-29,33H,3-7,14-15,18-19H2,1-2H3,(H,34,35). The van der Waals surface area contributed by atoms with E-state index >= 15 is 0 Å². The molecule has 7 nitrogen and oxygen atoms in total. The normalized spacial score (nSPS) is 19.0. The minimum Gasteiger partial charge on any atom is -0.497 e. The zero-order chi connectivity index (χ0) is 26.2. The van der Waals surface area contributed by atoms with Crippen LogP contribution in [0.5, 0.6) is 11.5 Å². The maximum Gasteiger partial charge on any atom is 0.308 e. The van der Waals surface area contributed by atoms with Crippen LogP contribution >= 0.6 is 0 Å². The Hall–Kier alpha value is -3.16. The smallest absolute Gasteiger partial charge is 0.308 e. The molecule has 4 rings (SSSR count). The number of carbonyl (C=O) groups is 1. The molecule has 2 aromatic carbocycles. The van der Waals surface area contributed by atoms with Crippen LogP contribution in [0.2, 0.25) is 0 Å². The summed E-state index contributed by atoms with van der Waals surface area (Å²) in [5.41, 5.74) is 2.89. The van der Waals surface area contributed by atoms with Gasteiger partial charge in [0, 0.05) is 17.6 Å². The monoisotopic (exact) mass is 506 g/mol. The Morgan fingerprint density at radius 1 is 1.08 bits per heavy atom. The second-order valence-corrected chi connectivity index (χ2v) is 9.87. The van der Waals surface area contributed by atoms with Crippen molar-refractivity contribution in [3.05, 3.63) is 65.9 Å². The number of hydrogen-bond donors (Lipinski definition) is 2. The van der Waals surface area contributed by atoms with Gasteiger partial charge in [0.2, 0.25) is 0 Å². The third kappa shape index (κ3) is 6.79. The van der Waals surface area contributed by atoms with Gasteiger partial charge in [0.15, 0.2) is 0 Å². The largest absolute Gasteiger partial charge is 0.497 e. The van der Waals surface area contributed by atoms with E-state index in [1.807, 2.05) is 36.4 Å². The van der Waals surface area contributed by atoms with Crippen LogP contribution in [0.1, 0.15) is 55.8 Å². The molecule has 0 bridgehead atoms. The number of aliphatic carboxylic acids is 1. The van der Waals surface area contributed by atoms with E-state index in [4.69, 9.17) is 9.47 Å². The molecule has 0 radical (unpaired) electrons. The number of carboxylic acid groups (broad SMARTS) is 1. The van der Waals surface area contributed by atoms with E-state index in [1.165, 1.54) is 5.56 Å². The summed E-state index contributed by atoms with van der Waals surface area (Å²) in [6.45, 7) is 1.78. The number of aryl methyl sites for hydroxylation is 1. The molecule has 198 valence electrons. The summed E-state index contributed by atoms with van der Waals surface area (Å²) < 4.78 is 10.6. The molecule has 1 fully saturated rings. The molecule has 37 heavy (non-hydrogen) atoms. The average Bonchev–Trinajstić information content (AvgIpc) is 2.93. The van der Waals surface area contributed by atoms with Crippen molar-refractivity contribution in [3.8, 4) is 11.5 Å². The van der Waals surface area contributed by atoms with E-state index < -0.39 is 18.0 Å². The number of aliphatic hydroxyl groups excluding tert-OH is 1. The Balaban J connectivity index is 1.39. The molecule has 0 spiro atoms. The number of methoxy groups -OCH3 is 2. The number of aliphatic hydroxyl groups is 1. The Bertz CT molecular complexity index is 1170. The van der Waals surface area contributed by atoms with Gasteiger partial charge in [0.05, 0.1) is 31.8 Å². The number of carboxylic acids is 1. The third-order valence-electron chi connectivity index (χ3n) is 7.61. The number of hydrogen-bond acceptors (Lipinski definition) is 6. The fourth-order valence-corrected chi connectivity index (χ4v) is 5.56. The van der Waals surface area contributed by atoms with E-state index in [9.17, 15) is 15.0 Å². The summed E-state index contributed by atoms with van der Waals surface area (Å²) in [5, 5.41) is 22.0. The van der Waals surface area contributed by atoms with Gasteiger partial charge in [0.25, 0.3) is 0 Å². The van der Waals surface area contributed by atoms with E-state index in [0.717, 1.165) is 61.0 Å². The van der Waals surface area contributed by atoms with Crippen LogP contribution in [-0.2, 0) is 11.2 Å². The van der Waals surface area contributed by atoms with E-state index in [0.29, 0.717) is 25.0 Å². The number of ether oxygens (including phenoxy) is 2. The van der Waals surface area contributed by atoms with Gasteiger partial charge in [0.1, 0.15) is 11.5 Å². The summed E-state index contributed by atoms with van der Waals surface area (Å²) in [7, 11) is 3.29. The van der Waals surface area contributed by atoms with Crippen LogP contribution < -0.4 is 9.47 Å². The molecule has 2 heterocycles. The molecule has 3 unspecified atom stereocenters. The minimum absolute atomic E-state index is 0.0791. The molecule has 1 saturated heterocycles. The summed E-state index contributed by atoms with van der Waals surface area (Å²) in [4.78, 5) is 18.9. The van der Waals surface area contributed by atoms with Crippen LogP contribution in [-0.4, -0.2) is 59.4 Å². The van der Waals surface area contributed by atoms with Gasteiger partial charge in [-0.05, 0) is 106 Å². The van der Waals surface area contributed by atoms with Crippen molar-refractivity contribution in [1.82, 2.24) is 9.88 Å². The second-order valence-electron chi connectivity index (χ2n) is 9.87. The lowest BCUT2D eigenvalue weighted by Crippen LogP contribution is -2.48. The number of benzene rings is 2. The predicted molar refractivity (Wildman–Crippen MR) is 144 cm³/mol. The number of fused-ring (bicyclic) bond motifs is 1. The highest BCUT2D eigenvalue weighted by Gasteiger charge is 2.35. The van der Waals surface area contributed by atoms with Crippen molar-refractivity contribution in [2.24, 2.45) is 5.92 Å². The number of piperidine rings is 1. The van der Waals surface area contributed by atoms with E-state index in [-0.39, 0.29) is 6.04 Å². The van der Waals surface area contributed by atoms with Gasteiger partial charge < -0.3 is 19.7 Å². The molecule has 7 heteroatoms. The van der Waals surface area contributed by atoms with Crippen molar-refractivity contribution in [2.75, 3.05) is 27.3 Å². The summed E-state index contributed by atoms with van der Waals surface area (Å²) in [6, 6.07) is 15.6. The van der Waals surface area contributed by atoms with Crippen molar-refractivity contribution in [2.45, 2.75) is 57.1 Å². The Morgan fingerprint density at radius 2 is 1.84 bits per heavy atom. The highest BCUT2D eigenvalue weighted by atomic mass is 16.5. The van der Waals surface area contributed by atoms with Gasteiger partial charge >= 0.3 is 5.97 Å². The quantitative estimate of drug-likeness (QED) is 0.324. The highest BCUT2D eigenvalue weighted by molar-refractivity contribution is 5.83. The first-order valence-electron chi connectivity index (χ1n) is 13.2. The lowest BCUT2D eigenvalue weighted by molar-refractivity contribution is -0.146.